The Labute approximate surface area is 209 Å². The van der Waals surface area contributed by atoms with Gasteiger partial charge in [0.2, 0.25) is 5.78 Å². The van der Waals surface area contributed by atoms with E-state index in [1.54, 1.807) is 11.8 Å². The number of benzene rings is 1. The fraction of sp³-hybridized carbons (Fsp3) is 0.423. The van der Waals surface area contributed by atoms with Crippen LogP contribution in [0.4, 0.5) is 5.69 Å². The van der Waals surface area contributed by atoms with Crippen LogP contribution in [-0.4, -0.2) is 76.7 Å². The molecule has 9 heteroatoms. The van der Waals surface area contributed by atoms with Crippen molar-refractivity contribution in [3.05, 3.63) is 52.8 Å². The molecule has 2 saturated heterocycles. The normalized spacial score (nSPS) is 22.2. The number of aldehydes is 1. The van der Waals surface area contributed by atoms with Gasteiger partial charge < -0.3 is 15.0 Å². The monoisotopic (exact) mass is 494 g/mol. The van der Waals surface area contributed by atoms with Crippen molar-refractivity contribution in [3.63, 3.8) is 0 Å². The van der Waals surface area contributed by atoms with E-state index < -0.39 is 0 Å². The predicted molar refractivity (Wildman–Crippen MR) is 137 cm³/mol. The summed E-state index contributed by atoms with van der Waals surface area (Å²) in [4.78, 5) is 43.9. The zero-order valence-corrected chi connectivity index (χ0v) is 20.7. The van der Waals surface area contributed by atoms with E-state index in [0.29, 0.717) is 36.5 Å². The maximum absolute atomic E-state index is 13.1. The van der Waals surface area contributed by atoms with E-state index >= 15 is 0 Å². The summed E-state index contributed by atoms with van der Waals surface area (Å²) in [5.41, 5.74) is 6.54. The second-order valence-electron chi connectivity index (χ2n) is 9.13. The number of morpholine rings is 1. The second-order valence-corrected chi connectivity index (χ2v) is 10.1. The predicted octanol–water partition coefficient (Wildman–Crippen LogP) is 2.76. The molecule has 3 aliphatic rings. The maximum atomic E-state index is 13.1. The van der Waals surface area contributed by atoms with Gasteiger partial charge in [0, 0.05) is 61.0 Å². The minimum Gasteiger partial charge on any atom is -0.379 e. The van der Waals surface area contributed by atoms with Gasteiger partial charge in [-0.1, -0.05) is 13.0 Å². The number of nitrogens with one attached hydrogen (secondary N) is 2. The van der Waals surface area contributed by atoms with Crippen LogP contribution in [0.15, 0.2) is 30.5 Å². The van der Waals surface area contributed by atoms with Crippen molar-refractivity contribution in [3.8, 4) is 0 Å². The molecule has 2 N–H and O–H groups in total. The number of ketones is 1. The number of fused-ring (bicyclic) bond motifs is 1. The smallest absolute Gasteiger partial charge is 0.256 e. The van der Waals surface area contributed by atoms with Gasteiger partial charge in [0.25, 0.3) is 5.91 Å². The lowest BCUT2D eigenvalue weighted by Gasteiger charge is -2.26. The molecular formula is C26H30N4O4S. The number of nitrogens with zero attached hydrogens (tertiary/aromatic N) is 2. The molecular weight excluding hydrogens is 464 g/mol. The van der Waals surface area contributed by atoms with E-state index in [2.05, 4.69) is 28.2 Å². The van der Waals surface area contributed by atoms with Gasteiger partial charge in [0.1, 0.15) is 0 Å². The highest BCUT2D eigenvalue weighted by molar-refractivity contribution is 7.99. The lowest BCUT2D eigenvalue weighted by Crippen LogP contribution is -2.37. The number of anilines is 1. The Hall–Kier alpha value is -2.72. The lowest BCUT2D eigenvalue weighted by atomic mass is 9.95. The van der Waals surface area contributed by atoms with E-state index in [1.807, 2.05) is 29.3 Å². The number of rotatable bonds is 8. The Balaban J connectivity index is 1.41. The summed E-state index contributed by atoms with van der Waals surface area (Å²) in [5, 5.41) is 3.01. The molecule has 4 heterocycles. The van der Waals surface area contributed by atoms with Crippen LogP contribution < -0.4 is 5.32 Å². The maximum Gasteiger partial charge on any atom is 0.256 e. The summed E-state index contributed by atoms with van der Waals surface area (Å²) in [5.74, 6) is 0.869. The Morgan fingerprint density at radius 1 is 1.20 bits per heavy atom. The third kappa shape index (κ3) is 4.99. The van der Waals surface area contributed by atoms with E-state index in [1.165, 1.54) is 5.56 Å². The minimum atomic E-state index is -0.379. The third-order valence-corrected chi connectivity index (χ3v) is 7.93. The number of hydrogen-bond donors (Lipinski definition) is 2. The standard InChI is InChI=1S/C26H30N4O4S/c1-2-19(22-10-18(11-27-22)12-29-5-7-34-8-6-29)25-20-9-17(3-4-21(20)28-26(25)33)13-30-16-35-15-23(30)24(32)14-31/h3-4,9-11,14,23,27H,2,5-8,12-13,15-16H2,1H3,(H,28,33). The zero-order chi connectivity index (χ0) is 24.4. The Morgan fingerprint density at radius 2 is 2.03 bits per heavy atom. The SMILES string of the molecule is CCC(=C1C(=O)Nc2ccc(CN3CSCC3C(=O)C=O)cc21)c1cc(CN2CCOCC2)c[nH]1. The number of aromatic nitrogens is 1. The van der Waals surface area contributed by atoms with Crippen LogP contribution in [0.5, 0.6) is 0 Å². The van der Waals surface area contributed by atoms with Crippen molar-refractivity contribution in [1.29, 1.82) is 0 Å². The molecule has 1 aromatic heterocycles. The molecule has 0 saturated carbocycles. The number of carbonyl (C=O) groups is 3. The largest absolute Gasteiger partial charge is 0.379 e. The molecule has 0 radical (unpaired) electrons. The molecule has 1 atom stereocenters. The zero-order valence-electron chi connectivity index (χ0n) is 19.8. The molecule has 1 aromatic carbocycles. The molecule has 0 spiro atoms. The van der Waals surface area contributed by atoms with Crippen LogP contribution in [-0.2, 0) is 32.2 Å². The van der Waals surface area contributed by atoms with Gasteiger partial charge in [-0.05, 0) is 41.3 Å². The number of aromatic amines is 1. The highest BCUT2D eigenvalue weighted by Gasteiger charge is 2.32. The first-order valence-electron chi connectivity index (χ1n) is 12.0. The molecule has 35 heavy (non-hydrogen) atoms. The fourth-order valence-electron chi connectivity index (χ4n) is 5.04. The Bertz CT molecular complexity index is 1170. The van der Waals surface area contributed by atoms with Crippen LogP contribution in [0.3, 0.4) is 0 Å². The van der Waals surface area contributed by atoms with Crippen LogP contribution in [0.25, 0.3) is 11.1 Å². The average molecular weight is 495 g/mol. The Kier molecular flexibility index (Phi) is 7.19. The number of hydrogen-bond acceptors (Lipinski definition) is 7. The molecule has 8 nitrogen and oxygen atoms in total. The van der Waals surface area contributed by atoms with Crippen molar-refractivity contribution in [2.24, 2.45) is 0 Å². The van der Waals surface area contributed by atoms with Gasteiger partial charge in [-0.15, -0.1) is 11.8 Å². The number of ether oxygens (including phenoxy) is 1. The average Bonchev–Trinajstić information content (AvgIpc) is 3.60. The topological polar surface area (TPSA) is 94.7 Å². The van der Waals surface area contributed by atoms with E-state index in [4.69, 9.17) is 4.74 Å². The highest BCUT2D eigenvalue weighted by atomic mass is 32.2. The number of Topliss-reactive ketones (excluding diaryl/α,β-unsaturated/α-hetero) is 1. The highest BCUT2D eigenvalue weighted by Crippen LogP contribution is 2.39. The summed E-state index contributed by atoms with van der Waals surface area (Å²) in [7, 11) is 0. The van der Waals surface area contributed by atoms with Gasteiger partial charge >= 0.3 is 0 Å². The van der Waals surface area contributed by atoms with E-state index in [9.17, 15) is 14.4 Å². The molecule has 1 unspecified atom stereocenters. The fourth-order valence-corrected chi connectivity index (χ4v) is 6.25. The number of amides is 1. The third-order valence-electron chi connectivity index (χ3n) is 6.87. The second kappa shape index (κ2) is 10.5. The quantitative estimate of drug-likeness (QED) is 0.331. The summed E-state index contributed by atoms with van der Waals surface area (Å²) in [6, 6.07) is 7.72. The van der Waals surface area contributed by atoms with Crippen LogP contribution in [0, 0.1) is 0 Å². The summed E-state index contributed by atoms with van der Waals surface area (Å²) in [6.07, 6.45) is 3.16. The number of H-pyrrole nitrogens is 1. The number of thioether (sulfide) groups is 1. The number of allylic oxidation sites excluding steroid dienone is 1. The Morgan fingerprint density at radius 3 is 2.80 bits per heavy atom. The van der Waals surface area contributed by atoms with Crippen LogP contribution in [0.1, 0.15) is 35.7 Å². The van der Waals surface area contributed by atoms with E-state index in [0.717, 1.165) is 60.9 Å². The van der Waals surface area contributed by atoms with Crippen molar-refractivity contribution < 1.29 is 19.1 Å². The minimum absolute atomic E-state index is 0.0935. The number of carbonyl (C=O) groups excluding carboxylic acids is 3. The van der Waals surface area contributed by atoms with Gasteiger partial charge in [-0.25, -0.2) is 0 Å². The molecule has 0 aliphatic carbocycles. The van der Waals surface area contributed by atoms with E-state index in [-0.39, 0.29) is 17.7 Å². The van der Waals surface area contributed by atoms with Crippen LogP contribution >= 0.6 is 11.8 Å². The van der Waals surface area contributed by atoms with Crippen molar-refractivity contribution >= 4 is 46.6 Å². The summed E-state index contributed by atoms with van der Waals surface area (Å²) < 4.78 is 5.45. The first-order chi connectivity index (χ1) is 17.1. The lowest BCUT2D eigenvalue weighted by molar-refractivity contribution is -0.132. The molecule has 3 aliphatic heterocycles. The molecule has 5 rings (SSSR count). The molecule has 2 aromatic rings. The van der Waals surface area contributed by atoms with Crippen molar-refractivity contribution in [2.45, 2.75) is 32.5 Å². The van der Waals surface area contributed by atoms with Crippen LogP contribution in [0.2, 0.25) is 0 Å². The first kappa shape index (κ1) is 24.0. The molecule has 0 bridgehead atoms. The first-order valence-corrected chi connectivity index (χ1v) is 13.2. The summed E-state index contributed by atoms with van der Waals surface area (Å²) in [6.45, 7) is 6.86. The van der Waals surface area contributed by atoms with Gasteiger partial charge in [-0.3, -0.25) is 24.2 Å². The van der Waals surface area contributed by atoms with Gasteiger partial charge in [0.05, 0.1) is 24.8 Å². The molecule has 184 valence electrons. The summed E-state index contributed by atoms with van der Waals surface area (Å²) >= 11 is 1.66. The van der Waals surface area contributed by atoms with Crippen molar-refractivity contribution in [1.82, 2.24) is 14.8 Å². The van der Waals surface area contributed by atoms with Gasteiger partial charge in [-0.2, -0.15) is 0 Å². The van der Waals surface area contributed by atoms with Crippen molar-refractivity contribution in [2.75, 3.05) is 43.2 Å². The van der Waals surface area contributed by atoms with Gasteiger partial charge in [0.15, 0.2) is 6.29 Å². The molecule has 2 fully saturated rings. The molecule has 1 amide bonds.